The first-order valence-corrected chi connectivity index (χ1v) is 9.98. The number of rotatable bonds is 5. The van der Waals surface area contributed by atoms with Crippen LogP contribution in [0.15, 0.2) is 71.3 Å². The van der Waals surface area contributed by atoms with Crippen molar-refractivity contribution in [3.63, 3.8) is 0 Å². The van der Waals surface area contributed by atoms with Crippen molar-refractivity contribution < 1.29 is 9.21 Å². The van der Waals surface area contributed by atoms with Crippen LogP contribution >= 0.6 is 11.6 Å². The van der Waals surface area contributed by atoms with Crippen molar-refractivity contribution in [3.05, 3.63) is 83.0 Å². The van der Waals surface area contributed by atoms with Gasteiger partial charge in [0.15, 0.2) is 11.2 Å². The average Bonchev–Trinajstić information content (AvgIpc) is 3.18. The molecule has 0 saturated carbocycles. The molecule has 0 radical (unpaired) electrons. The summed E-state index contributed by atoms with van der Waals surface area (Å²) in [6.07, 6.45) is 4.91. The molecule has 2 heterocycles. The molecule has 0 atom stereocenters. The molecular formula is C24H20ClN3O2. The molecule has 0 aliphatic carbocycles. The largest absolute Gasteiger partial charge is 0.434 e. The maximum atomic E-state index is 12.4. The van der Waals surface area contributed by atoms with Gasteiger partial charge in [-0.1, -0.05) is 49.7 Å². The highest BCUT2D eigenvalue weighted by atomic mass is 35.5. The molecule has 30 heavy (non-hydrogen) atoms. The number of halogens is 1. The smallest absolute Gasteiger partial charge is 0.248 e. The highest BCUT2D eigenvalue weighted by Crippen LogP contribution is 2.30. The van der Waals surface area contributed by atoms with Gasteiger partial charge in [-0.3, -0.25) is 4.79 Å². The molecule has 0 aliphatic rings. The summed E-state index contributed by atoms with van der Waals surface area (Å²) in [7, 11) is 0. The van der Waals surface area contributed by atoms with E-state index in [-0.39, 0.29) is 5.91 Å². The van der Waals surface area contributed by atoms with Crippen LogP contribution in [0.1, 0.15) is 30.9 Å². The van der Waals surface area contributed by atoms with Crippen molar-refractivity contribution in [1.82, 2.24) is 9.97 Å². The van der Waals surface area contributed by atoms with Crippen molar-refractivity contribution in [2.24, 2.45) is 0 Å². The molecule has 0 unspecified atom stereocenters. The fraction of sp³-hybridized carbons (Fsp3) is 0.125. The Morgan fingerprint density at radius 1 is 1.13 bits per heavy atom. The Kier molecular flexibility index (Phi) is 5.63. The Bertz CT molecular complexity index is 1190. The van der Waals surface area contributed by atoms with Gasteiger partial charge in [-0.05, 0) is 53.5 Å². The summed E-state index contributed by atoms with van der Waals surface area (Å²) in [5.74, 6) is 0.607. The van der Waals surface area contributed by atoms with Gasteiger partial charge in [-0.15, -0.1) is 0 Å². The predicted octanol–water partition coefficient (Wildman–Crippen LogP) is 6.32. The number of fused-ring (bicyclic) bond motifs is 1. The number of hydrogen-bond acceptors (Lipinski definition) is 4. The molecule has 0 bridgehead atoms. The standard InChI is InChI=1S/C24H20ClN3O2/c1-15(2)17-8-5-16(6-9-17)7-12-22(29)27-20-14-18(10-11-19(20)25)24-28-23-21(30-24)4-3-13-26-23/h3-15H,1-2H3,(H,27,29)/b12-7+. The first kappa shape index (κ1) is 19.9. The van der Waals surface area contributed by atoms with E-state index in [4.69, 9.17) is 16.0 Å². The SMILES string of the molecule is CC(C)c1ccc(/C=C/C(=O)Nc2cc(-c3nc4ncccc4o3)ccc2Cl)cc1. The normalized spacial score (nSPS) is 11.5. The number of hydrogen-bond donors (Lipinski definition) is 1. The van der Waals surface area contributed by atoms with Gasteiger partial charge in [0.25, 0.3) is 0 Å². The molecule has 0 fully saturated rings. The quantitative estimate of drug-likeness (QED) is 0.386. The molecular weight excluding hydrogens is 398 g/mol. The zero-order valence-electron chi connectivity index (χ0n) is 16.6. The number of oxazole rings is 1. The molecule has 0 aliphatic heterocycles. The van der Waals surface area contributed by atoms with Crippen molar-refractivity contribution in [3.8, 4) is 11.5 Å². The zero-order valence-corrected chi connectivity index (χ0v) is 17.4. The van der Waals surface area contributed by atoms with Crippen LogP contribution in [0.5, 0.6) is 0 Å². The van der Waals surface area contributed by atoms with E-state index >= 15 is 0 Å². The molecule has 0 spiro atoms. The van der Waals surface area contributed by atoms with E-state index in [2.05, 4.69) is 41.3 Å². The Morgan fingerprint density at radius 3 is 2.67 bits per heavy atom. The second kappa shape index (κ2) is 8.51. The minimum Gasteiger partial charge on any atom is -0.434 e. The lowest BCUT2D eigenvalue weighted by Crippen LogP contribution is -2.08. The Balaban J connectivity index is 1.51. The summed E-state index contributed by atoms with van der Waals surface area (Å²) in [6, 6.07) is 16.9. The Hall–Kier alpha value is -3.44. The summed E-state index contributed by atoms with van der Waals surface area (Å²) in [5.41, 5.74) is 4.51. The van der Waals surface area contributed by atoms with Crippen LogP contribution < -0.4 is 5.32 Å². The highest BCUT2D eigenvalue weighted by Gasteiger charge is 2.12. The molecule has 4 aromatic rings. The van der Waals surface area contributed by atoms with Crippen molar-refractivity contribution >= 4 is 40.5 Å². The summed E-state index contributed by atoms with van der Waals surface area (Å²) >= 11 is 6.27. The van der Waals surface area contributed by atoms with Gasteiger partial charge in [0, 0.05) is 17.8 Å². The van der Waals surface area contributed by atoms with E-state index in [1.165, 1.54) is 11.6 Å². The summed E-state index contributed by atoms with van der Waals surface area (Å²) in [6.45, 7) is 4.29. The third kappa shape index (κ3) is 4.42. The summed E-state index contributed by atoms with van der Waals surface area (Å²) in [4.78, 5) is 21.0. The lowest BCUT2D eigenvalue weighted by atomic mass is 10.0. The molecule has 1 amide bonds. The number of benzene rings is 2. The van der Waals surface area contributed by atoms with E-state index in [1.807, 2.05) is 12.1 Å². The number of pyridine rings is 1. The van der Waals surface area contributed by atoms with Gasteiger partial charge in [0.2, 0.25) is 11.8 Å². The maximum Gasteiger partial charge on any atom is 0.248 e. The van der Waals surface area contributed by atoms with Crippen LogP contribution in [0.4, 0.5) is 5.69 Å². The first-order chi connectivity index (χ1) is 14.5. The number of carbonyl (C=O) groups is 1. The Morgan fingerprint density at radius 2 is 1.93 bits per heavy atom. The van der Waals surface area contributed by atoms with Crippen molar-refractivity contribution in [1.29, 1.82) is 0 Å². The average molecular weight is 418 g/mol. The van der Waals surface area contributed by atoms with Gasteiger partial charge in [0.05, 0.1) is 10.7 Å². The van der Waals surface area contributed by atoms with E-state index in [0.717, 1.165) is 5.56 Å². The fourth-order valence-corrected chi connectivity index (χ4v) is 3.15. The van der Waals surface area contributed by atoms with E-state index in [9.17, 15) is 4.79 Å². The summed E-state index contributed by atoms with van der Waals surface area (Å²) in [5, 5.41) is 3.24. The van der Waals surface area contributed by atoms with Gasteiger partial charge in [0.1, 0.15) is 0 Å². The van der Waals surface area contributed by atoms with Crippen molar-refractivity contribution in [2.75, 3.05) is 5.32 Å². The summed E-state index contributed by atoms with van der Waals surface area (Å²) < 4.78 is 5.74. The lowest BCUT2D eigenvalue weighted by molar-refractivity contribution is -0.111. The zero-order chi connectivity index (χ0) is 21.1. The number of nitrogens with one attached hydrogen (secondary N) is 1. The number of anilines is 1. The molecule has 0 saturated heterocycles. The van der Waals surface area contributed by atoms with Crippen LogP contribution in [0.3, 0.4) is 0 Å². The monoisotopic (exact) mass is 417 g/mol. The third-order valence-corrected chi connectivity index (χ3v) is 5.00. The maximum absolute atomic E-state index is 12.4. The number of nitrogens with zero attached hydrogens (tertiary/aromatic N) is 2. The van der Waals surface area contributed by atoms with Crippen molar-refractivity contribution in [2.45, 2.75) is 19.8 Å². The lowest BCUT2D eigenvalue weighted by Gasteiger charge is -2.07. The topological polar surface area (TPSA) is 68.0 Å². The highest BCUT2D eigenvalue weighted by molar-refractivity contribution is 6.34. The molecule has 2 aromatic heterocycles. The van der Waals surface area contributed by atoms with E-state index in [0.29, 0.717) is 39.3 Å². The number of amides is 1. The predicted molar refractivity (Wildman–Crippen MR) is 120 cm³/mol. The van der Waals surface area contributed by atoms with Crippen LogP contribution in [0, 0.1) is 0 Å². The Labute approximate surface area is 179 Å². The van der Waals surface area contributed by atoms with Crippen LogP contribution in [0.25, 0.3) is 28.8 Å². The van der Waals surface area contributed by atoms with Crippen LogP contribution in [0.2, 0.25) is 5.02 Å². The molecule has 5 nitrogen and oxygen atoms in total. The fourth-order valence-electron chi connectivity index (χ4n) is 2.98. The minimum absolute atomic E-state index is 0.277. The van der Waals surface area contributed by atoms with E-state index < -0.39 is 0 Å². The van der Waals surface area contributed by atoms with Gasteiger partial charge in [-0.25, -0.2) is 4.98 Å². The minimum atomic E-state index is -0.277. The third-order valence-electron chi connectivity index (χ3n) is 4.67. The molecule has 2 aromatic carbocycles. The van der Waals surface area contributed by atoms with E-state index in [1.54, 1.807) is 42.6 Å². The molecule has 6 heteroatoms. The molecule has 1 N–H and O–H groups in total. The van der Waals surface area contributed by atoms with Crippen LogP contribution in [-0.4, -0.2) is 15.9 Å². The van der Waals surface area contributed by atoms with Gasteiger partial charge >= 0.3 is 0 Å². The van der Waals surface area contributed by atoms with Gasteiger partial charge in [-0.2, -0.15) is 4.98 Å². The van der Waals surface area contributed by atoms with Gasteiger partial charge < -0.3 is 9.73 Å². The number of carbonyl (C=O) groups excluding carboxylic acids is 1. The van der Waals surface area contributed by atoms with Crippen LogP contribution in [-0.2, 0) is 4.79 Å². The molecule has 4 rings (SSSR count). The second-order valence-corrected chi connectivity index (χ2v) is 7.59. The second-order valence-electron chi connectivity index (χ2n) is 7.18. The molecule has 150 valence electrons. The first-order valence-electron chi connectivity index (χ1n) is 9.60. The number of aromatic nitrogens is 2.